The molecule has 4 aromatic rings. The maximum atomic E-state index is 12.7. The summed E-state index contributed by atoms with van der Waals surface area (Å²) in [6.07, 6.45) is 1.77. The average molecular weight is 452 g/mol. The van der Waals surface area contributed by atoms with Crippen molar-refractivity contribution in [2.45, 2.75) is 38.7 Å². The highest BCUT2D eigenvalue weighted by Crippen LogP contribution is 2.40. The normalized spacial score (nSPS) is 14.0. The SMILES string of the molecule is Cc1c(NC(=O)O[C@H](C)c2ccccc2)c(-c2ccc(-c3ccc(C4CC4)cc3)cc2)nn1C. The van der Waals surface area contributed by atoms with Gasteiger partial charge in [0.05, 0.1) is 11.4 Å². The number of benzene rings is 3. The summed E-state index contributed by atoms with van der Waals surface area (Å²) < 4.78 is 7.39. The molecule has 1 aliphatic carbocycles. The van der Waals surface area contributed by atoms with Crippen LogP contribution in [0.4, 0.5) is 10.5 Å². The minimum absolute atomic E-state index is 0.354. The second-order valence-corrected chi connectivity index (χ2v) is 8.99. The molecular formula is C29H29N3O2. The van der Waals surface area contributed by atoms with Gasteiger partial charge in [-0.1, -0.05) is 78.9 Å². The second-order valence-electron chi connectivity index (χ2n) is 8.99. The number of ether oxygens (including phenoxy) is 1. The van der Waals surface area contributed by atoms with E-state index in [0.717, 1.165) is 34.0 Å². The number of nitrogens with one attached hydrogen (secondary N) is 1. The van der Waals surface area contributed by atoms with Gasteiger partial charge in [0.25, 0.3) is 0 Å². The Balaban J connectivity index is 1.34. The van der Waals surface area contributed by atoms with Gasteiger partial charge in [0, 0.05) is 12.6 Å². The van der Waals surface area contributed by atoms with E-state index in [1.165, 1.54) is 24.0 Å². The highest BCUT2D eigenvalue weighted by Gasteiger charge is 2.23. The van der Waals surface area contributed by atoms with E-state index in [1.807, 2.05) is 51.2 Å². The van der Waals surface area contributed by atoms with Crippen molar-refractivity contribution in [3.05, 3.63) is 95.7 Å². The lowest BCUT2D eigenvalue weighted by Crippen LogP contribution is -2.16. The molecule has 0 spiro atoms. The Hall–Kier alpha value is -3.86. The van der Waals surface area contributed by atoms with Crippen LogP contribution in [0.1, 0.15) is 48.6 Å². The van der Waals surface area contributed by atoms with Gasteiger partial charge in [-0.05, 0) is 54.9 Å². The van der Waals surface area contributed by atoms with E-state index in [0.29, 0.717) is 5.69 Å². The summed E-state index contributed by atoms with van der Waals surface area (Å²) >= 11 is 0. The van der Waals surface area contributed by atoms with Crippen molar-refractivity contribution < 1.29 is 9.53 Å². The Morgan fingerprint density at radius 1 is 0.941 bits per heavy atom. The van der Waals surface area contributed by atoms with E-state index in [2.05, 4.69) is 58.9 Å². The van der Waals surface area contributed by atoms with Gasteiger partial charge in [0.15, 0.2) is 0 Å². The van der Waals surface area contributed by atoms with E-state index in [-0.39, 0.29) is 6.10 Å². The molecule has 172 valence electrons. The lowest BCUT2D eigenvalue weighted by Gasteiger charge is -2.14. The van der Waals surface area contributed by atoms with Gasteiger partial charge in [-0.2, -0.15) is 5.10 Å². The molecule has 0 unspecified atom stereocenters. The fraction of sp³-hybridized carbons (Fsp3) is 0.241. The fourth-order valence-electron chi connectivity index (χ4n) is 4.23. The summed E-state index contributed by atoms with van der Waals surface area (Å²) in [6.45, 7) is 3.80. The van der Waals surface area contributed by atoms with Gasteiger partial charge in [0.1, 0.15) is 11.8 Å². The zero-order valence-electron chi connectivity index (χ0n) is 19.8. The molecule has 5 nitrogen and oxygen atoms in total. The Morgan fingerprint density at radius 3 is 2.15 bits per heavy atom. The number of aryl methyl sites for hydroxylation is 1. The van der Waals surface area contributed by atoms with Crippen LogP contribution in [0.5, 0.6) is 0 Å². The van der Waals surface area contributed by atoms with Crippen LogP contribution in [0.15, 0.2) is 78.9 Å². The number of carbonyl (C=O) groups excluding carboxylic acids is 1. The molecule has 3 aromatic carbocycles. The third kappa shape index (κ3) is 4.60. The van der Waals surface area contributed by atoms with E-state index in [1.54, 1.807) is 4.68 Å². The van der Waals surface area contributed by atoms with Crippen molar-refractivity contribution in [3.63, 3.8) is 0 Å². The number of anilines is 1. The Kier molecular flexibility index (Phi) is 5.93. The van der Waals surface area contributed by atoms with E-state index in [4.69, 9.17) is 4.74 Å². The molecule has 0 radical (unpaired) electrons. The molecule has 1 N–H and O–H groups in total. The Morgan fingerprint density at radius 2 is 1.53 bits per heavy atom. The van der Waals surface area contributed by atoms with Crippen LogP contribution in [0, 0.1) is 6.92 Å². The molecule has 34 heavy (non-hydrogen) atoms. The van der Waals surface area contributed by atoms with Gasteiger partial charge < -0.3 is 4.74 Å². The first-order valence-electron chi connectivity index (χ1n) is 11.8. The summed E-state index contributed by atoms with van der Waals surface area (Å²) in [6, 6.07) is 26.9. The van der Waals surface area contributed by atoms with Crippen LogP contribution in [0.25, 0.3) is 22.4 Å². The maximum Gasteiger partial charge on any atom is 0.412 e. The number of hydrogen-bond donors (Lipinski definition) is 1. The zero-order valence-corrected chi connectivity index (χ0v) is 19.8. The van der Waals surface area contributed by atoms with Crippen LogP contribution in [0.2, 0.25) is 0 Å². The number of carbonyl (C=O) groups is 1. The maximum absolute atomic E-state index is 12.7. The predicted octanol–water partition coefficient (Wildman–Crippen LogP) is 7.25. The summed E-state index contributed by atoms with van der Waals surface area (Å²) in [5, 5.41) is 7.58. The van der Waals surface area contributed by atoms with Crippen LogP contribution < -0.4 is 5.32 Å². The second kappa shape index (κ2) is 9.18. The molecule has 1 heterocycles. The van der Waals surface area contributed by atoms with Gasteiger partial charge in [0.2, 0.25) is 0 Å². The highest BCUT2D eigenvalue weighted by atomic mass is 16.6. The first-order chi connectivity index (χ1) is 16.5. The minimum Gasteiger partial charge on any atom is -0.441 e. The number of aromatic nitrogens is 2. The Labute approximate surface area is 200 Å². The van der Waals surface area contributed by atoms with Crippen LogP contribution in [-0.2, 0) is 11.8 Å². The van der Waals surface area contributed by atoms with Crippen molar-refractivity contribution in [1.29, 1.82) is 0 Å². The summed E-state index contributed by atoms with van der Waals surface area (Å²) in [4.78, 5) is 12.7. The lowest BCUT2D eigenvalue weighted by molar-refractivity contribution is 0.121. The highest BCUT2D eigenvalue weighted by molar-refractivity contribution is 5.91. The number of nitrogens with zero attached hydrogens (tertiary/aromatic N) is 2. The largest absolute Gasteiger partial charge is 0.441 e. The first-order valence-corrected chi connectivity index (χ1v) is 11.8. The smallest absolute Gasteiger partial charge is 0.412 e. The van der Waals surface area contributed by atoms with E-state index < -0.39 is 6.09 Å². The van der Waals surface area contributed by atoms with Crippen LogP contribution in [0.3, 0.4) is 0 Å². The molecule has 0 saturated heterocycles. The molecule has 1 aromatic heterocycles. The molecule has 1 amide bonds. The molecule has 1 aliphatic rings. The van der Waals surface area contributed by atoms with Crippen molar-refractivity contribution in [2.24, 2.45) is 7.05 Å². The van der Waals surface area contributed by atoms with Crippen molar-refractivity contribution in [2.75, 3.05) is 5.32 Å². The monoisotopic (exact) mass is 451 g/mol. The van der Waals surface area contributed by atoms with Crippen LogP contribution >= 0.6 is 0 Å². The van der Waals surface area contributed by atoms with Gasteiger partial charge >= 0.3 is 6.09 Å². The summed E-state index contributed by atoms with van der Waals surface area (Å²) in [5.41, 5.74) is 7.92. The molecule has 1 fully saturated rings. The predicted molar refractivity (Wildman–Crippen MR) is 136 cm³/mol. The van der Waals surface area contributed by atoms with Gasteiger partial charge in [-0.25, -0.2) is 4.79 Å². The third-order valence-corrected chi connectivity index (χ3v) is 6.56. The molecule has 0 aliphatic heterocycles. The number of hydrogen-bond acceptors (Lipinski definition) is 3. The molecule has 5 heteroatoms. The van der Waals surface area contributed by atoms with E-state index >= 15 is 0 Å². The number of rotatable bonds is 6. The van der Waals surface area contributed by atoms with E-state index in [9.17, 15) is 4.79 Å². The van der Waals surface area contributed by atoms with Crippen molar-refractivity contribution in [1.82, 2.24) is 9.78 Å². The number of amides is 1. The molecule has 0 bridgehead atoms. The molecular weight excluding hydrogens is 422 g/mol. The van der Waals surface area contributed by atoms with Crippen LogP contribution in [-0.4, -0.2) is 15.9 Å². The van der Waals surface area contributed by atoms with Crippen molar-refractivity contribution >= 4 is 11.8 Å². The summed E-state index contributed by atoms with van der Waals surface area (Å²) in [7, 11) is 1.87. The molecule has 1 atom stereocenters. The molecule has 1 saturated carbocycles. The summed E-state index contributed by atoms with van der Waals surface area (Å²) in [5.74, 6) is 0.761. The van der Waals surface area contributed by atoms with Gasteiger partial charge in [-0.3, -0.25) is 10.00 Å². The quantitative estimate of drug-likeness (QED) is 0.336. The minimum atomic E-state index is -0.499. The first kappa shape index (κ1) is 22.0. The third-order valence-electron chi connectivity index (χ3n) is 6.56. The Bertz CT molecular complexity index is 1290. The zero-order chi connectivity index (χ0) is 23.7. The molecule has 5 rings (SSSR count). The lowest BCUT2D eigenvalue weighted by atomic mass is 10.00. The van der Waals surface area contributed by atoms with Crippen molar-refractivity contribution in [3.8, 4) is 22.4 Å². The fourth-order valence-corrected chi connectivity index (χ4v) is 4.23. The topological polar surface area (TPSA) is 56.1 Å². The van der Waals surface area contributed by atoms with Gasteiger partial charge in [-0.15, -0.1) is 0 Å². The standard InChI is InChI=1S/C29H29N3O2/c1-19-27(30-29(33)34-20(2)21-7-5-4-6-8-21)28(31-32(19)3)26-17-15-25(16-18-26)24-13-11-23(12-14-24)22-9-10-22/h4-8,11-18,20,22H,9-10H2,1-3H3,(H,30,33)/t20-/m1/s1. The average Bonchev–Trinajstić information content (AvgIpc) is 3.68.